The molecule has 1 fully saturated rings. The number of amides is 2. The summed E-state index contributed by atoms with van der Waals surface area (Å²) in [5.74, 6) is -0.931. The molecule has 0 radical (unpaired) electrons. The lowest BCUT2D eigenvalue weighted by Gasteiger charge is -2.14. The van der Waals surface area contributed by atoms with Crippen LogP contribution in [0, 0.1) is 17.2 Å². The van der Waals surface area contributed by atoms with E-state index < -0.39 is 11.4 Å². The van der Waals surface area contributed by atoms with Crippen LogP contribution in [0.25, 0.3) is 0 Å². The minimum absolute atomic E-state index is 0.0302. The van der Waals surface area contributed by atoms with Gasteiger partial charge in [-0.25, -0.2) is 0 Å². The van der Waals surface area contributed by atoms with Crippen molar-refractivity contribution in [3.8, 4) is 11.8 Å². The number of allylic oxidation sites excluding steroid dienone is 3. The summed E-state index contributed by atoms with van der Waals surface area (Å²) >= 11 is 0. The quantitative estimate of drug-likeness (QED) is 0.230. The Labute approximate surface area is 211 Å². The van der Waals surface area contributed by atoms with Gasteiger partial charge < -0.3 is 25.2 Å². The molecule has 2 aliphatic rings. The Kier molecular flexibility index (Phi) is 8.88. The lowest BCUT2D eigenvalue weighted by molar-refractivity contribution is -0.137. The number of benzene rings is 1. The zero-order valence-corrected chi connectivity index (χ0v) is 21.0. The van der Waals surface area contributed by atoms with Crippen molar-refractivity contribution in [2.45, 2.75) is 51.4 Å². The second-order valence-corrected chi connectivity index (χ2v) is 9.23. The monoisotopic (exact) mass is 495 g/mol. The maximum absolute atomic E-state index is 13.3. The highest BCUT2D eigenvalue weighted by Gasteiger charge is 2.63. The number of ether oxygens (including phenoxy) is 2. The van der Waals surface area contributed by atoms with E-state index in [0.717, 1.165) is 11.1 Å². The first kappa shape index (κ1) is 27.0. The zero-order chi connectivity index (χ0) is 26.3. The van der Waals surface area contributed by atoms with Crippen molar-refractivity contribution in [3.63, 3.8) is 0 Å². The molecule has 9 heteroatoms. The van der Waals surface area contributed by atoms with Gasteiger partial charge in [0.1, 0.15) is 5.75 Å². The van der Waals surface area contributed by atoms with Crippen molar-refractivity contribution in [3.05, 3.63) is 52.2 Å². The van der Waals surface area contributed by atoms with Gasteiger partial charge >= 0.3 is 5.97 Å². The van der Waals surface area contributed by atoms with E-state index in [0.29, 0.717) is 68.0 Å². The smallest absolute Gasteiger partial charge is 0.303 e. The summed E-state index contributed by atoms with van der Waals surface area (Å²) in [4.78, 5) is 36.7. The van der Waals surface area contributed by atoms with Gasteiger partial charge in [-0.1, -0.05) is 6.92 Å². The minimum atomic E-state index is -0.873. The second kappa shape index (κ2) is 11.9. The van der Waals surface area contributed by atoms with Crippen LogP contribution in [0.3, 0.4) is 0 Å². The van der Waals surface area contributed by atoms with E-state index in [4.69, 9.17) is 14.6 Å². The van der Waals surface area contributed by atoms with Crippen LogP contribution in [-0.2, 0) is 19.7 Å². The highest BCUT2D eigenvalue weighted by atomic mass is 16.5. The number of fused-ring (bicyclic) bond motifs is 2. The predicted octanol–water partition coefficient (Wildman–Crippen LogP) is 3.22. The van der Waals surface area contributed by atoms with Gasteiger partial charge in [-0.2, -0.15) is 5.26 Å². The molecule has 0 saturated heterocycles. The molecule has 36 heavy (non-hydrogen) atoms. The number of carboxylic acid groups (broad SMARTS) is 1. The molecule has 0 aromatic heterocycles. The maximum Gasteiger partial charge on any atom is 0.303 e. The summed E-state index contributed by atoms with van der Waals surface area (Å²) in [7, 11) is 1.57. The molecular formula is C27H33N3O6. The van der Waals surface area contributed by atoms with Crippen LogP contribution in [-0.4, -0.2) is 49.8 Å². The fraction of sp³-hybridized carbons (Fsp3) is 0.481. The molecule has 192 valence electrons. The Hall–Kier alpha value is -3.64. The summed E-state index contributed by atoms with van der Waals surface area (Å²) < 4.78 is 10.8. The van der Waals surface area contributed by atoms with Gasteiger partial charge in [0.25, 0.3) is 5.91 Å². The number of carbonyl (C=O) groups is 3. The number of hydrogen-bond donors (Lipinski definition) is 3. The van der Waals surface area contributed by atoms with Crippen LogP contribution in [0.15, 0.2) is 41.1 Å². The lowest BCUT2D eigenvalue weighted by atomic mass is 9.93. The Morgan fingerprint density at radius 2 is 2.11 bits per heavy atom. The topological polar surface area (TPSA) is 138 Å². The highest BCUT2D eigenvalue weighted by Crippen LogP contribution is 2.60. The number of carbonyl (C=O) groups excluding carboxylic acids is 2. The minimum Gasteiger partial charge on any atom is -0.492 e. The molecule has 3 N–H and O–H groups in total. The van der Waals surface area contributed by atoms with Crippen LogP contribution in [0.1, 0.15) is 61.9 Å². The van der Waals surface area contributed by atoms with E-state index in [1.54, 1.807) is 31.4 Å². The first-order valence-electron chi connectivity index (χ1n) is 12.1. The molecule has 3 rings (SSSR count). The summed E-state index contributed by atoms with van der Waals surface area (Å²) in [5, 5.41) is 24.1. The molecule has 1 aliphatic heterocycles. The standard InChI is InChI=1S/C27H33N3O6/c1-4-18(15-28)12-22(17(2)6-5-7-24(31)32)30-26(34)21-14-27(21)16-36-23-9-8-19(13-20(23)27)25(33)29-10-11-35-3/h8-9,12-13,21H,4-7,10-11,14,16H2,1-3H3,(H,29,33)(H,30,34)(H,31,32)/b18-12+,22-17-/t21-,27+/m0/s1. The Morgan fingerprint density at radius 1 is 1.33 bits per heavy atom. The zero-order valence-electron chi connectivity index (χ0n) is 21.0. The molecule has 2 amide bonds. The van der Waals surface area contributed by atoms with E-state index in [1.165, 1.54) is 0 Å². The SMILES string of the molecule is CC/C(C#N)=C\C(NC(=O)[C@@H]1C[C@]12COc1ccc(C(=O)NCCOC)cc12)=C(/C)CCCC(=O)O. The van der Waals surface area contributed by atoms with Crippen LogP contribution in [0.4, 0.5) is 0 Å². The molecule has 1 heterocycles. The molecule has 9 nitrogen and oxygen atoms in total. The van der Waals surface area contributed by atoms with E-state index in [1.807, 2.05) is 13.8 Å². The molecule has 2 atom stereocenters. The normalized spacial score (nSPS) is 20.6. The summed E-state index contributed by atoms with van der Waals surface area (Å²) in [6.07, 6.45) is 3.74. The van der Waals surface area contributed by atoms with Crippen LogP contribution >= 0.6 is 0 Å². The molecular weight excluding hydrogens is 462 g/mol. The Morgan fingerprint density at radius 3 is 2.78 bits per heavy atom. The third-order valence-corrected chi connectivity index (χ3v) is 6.75. The van der Waals surface area contributed by atoms with Crippen LogP contribution < -0.4 is 15.4 Å². The van der Waals surface area contributed by atoms with Gasteiger partial charge in [-0.15, -0.1) is 0 Å². The molecule has 1 saturated carbocycles. The number of nitrogens with zero attached hydrogens (tertiary/aromatic N) is 1. The number of hydrogen-bond acceptors (Lipinski definition) is 6. The van der Waals surface area contributed by atoms with Gasteiger partial charge in [0.15, 0.2) is 0 Å². The largest absolute Gasteiger partial charge is 0.492 e. The van der Waals surface area contributed by atoms with E-state index in [-0.39, 0.29) is 24.2 Å². The van der Waals surface area contributed by atoms with Crippen molar-refractivity contribution >= 4 is 17.8 Å². The third kappa shape index (κ3) is 6.13. The van der Waals surface area contributed by atoms with E-state index in [9.17, 15) is 19.6 Å². The Balaban J connectivity index is 1.77. The fourth-order valence-electron chi connectivity index (χ4n) is 4.46. The highest BCUT2D eigenvalue weighted by molar-refractivity contribution is 5.95. The predicted molar refractivity (Wildman–Crippen MR) is 132 cm³/mol. The number of rotatable bonds is 12. The average molecular weight is 496 g/mol. The van der Waals surface area contributed by atoms with Gasteiger partial charge in [-0.05, 0) is 62.5 Å². The van der Waals surface area contributed by atoms with Crippen LogP contribution in [0.2, 0.25) is 0 Å². The van der Waals surface area contributed by atoms with Crippen molar-refractivity contribution in [2.24, 2.45) is 5.92 Å². The van der Waals surface area contributed by atoms with Crippen molar-refractivity contribution in [1.82, 2.24) is 10.6 Å². The number of carboxylic acids is 1. The Bertz CT molecular complexity index is 1130. The van der Waals surface area contributed by atoms with Crippen molar-refractivity contribution in [2.75, 3.05) is 26.9 Å². The van der Waals surface area contributed by atoms with Gasteiger partial charge in [0.2, 0.25) is 5.91 Å². The molecule has 1 spiro atoms. The summed E-state index contributed by atoms with van der Waals surface area (Å²) in [6.45, 7) is 4.87. The number of methoxy groups -OCH3 is 1. The maximum atomic E-state index is 13.3. The van der Waals surface area contributed by atoms with Crippen molar-refractivity contribution in [1.29, 1.82) is 5.26 Å². The molecule has 1 aromatic rings. The van der Waals surface area contributed by atoms with E-state index >= 15 is 0 Å². The van der Waals surface area contributed by atoms with Gasteiger partial charge in [0, 0.05) is 47.9 Å². The summed E-state index contributed by atoms with van der Waals surface area (Å²) in [6, 6.07) is 7.42. The third-order valence-electron chi connectivity index (χ3n) is 6.75. The number of nitriles is 1. The number of nitrogens with one attached hydrogen (secondary N) is 2. The van der Waals surface area contributed by atoms with Gasteiger partial charge in [-0.3, -0.25) is 14.4 Å². The molecule has 1 aliphatic carbocycles. The fourth-order valence-corrected chi connectivity index (χ4v) is 4.46. The lowest BCUT2D eigenvalue weighted by Crippen LogP contribution is -2.29. The molecule has 1 aromatic carbocycles. The number of aliphatic carboxylic acids is 1. The van der Waals surface area contributed by atoms with Gasteiger partial charge in [0.05, 0.1) is 25.2 Å². The van der Waals surface area contributed by atoms with E-state index in [2.05, 4.69) is 16.7 Å². The molecule has 0 unspecified atom stereocenters. The average Bonchev–Trinajstić information content (AvgIpc) is 3.49. The summed E-state index contributed by atoms with van der Waals surface area (Å²) in [5.41, 5.74) is 2.74. The first-order chi connectivity index (χ1) is 17.2. The first-order valence-corrected chi connectivity index (χ1v) is 12.1. The second-order valence-electron chi connectivity index (χ2n) is 9.23. The van der Waals surface area contributed by atoms with Crippen molar-refractivity contribution < 1.29 is 29.0 Å². The van der Waals surface area contributed by atoms with Crippen LogP contribution in [0.5, 0.6) is 5.75 Å². The molecule has 0 bridgehead atoms.